The first-order chi connectivity index (χ1) is 8.16. The van der Waals surface area contributed by atoms with Crippen LogP contribution in [0.1, 0.15) is 29.8 Å². The summed E-state index contributed by atoms with van der Waals surface area (Å²) < 4.78 is 0. The van der Waals surface area contributed by atoms with Crippen molar-refractivity contribution in [2.75, 3.05) is 11.9 Å². The molecular weight excluding hydrogens is 220 g/mol. The van der Waals surface area contributed by atoms with E-state index in [0.717, 1.165) is 19.3 Å². The van der Waals surface area contributed by atoms with Gasteiger partial charge in [-0.25, -0.2) is 9.78 Å². The SMILES string of the molecule is O=C(O)c1cccc(NCC2CCCC2O)n1. The van der Waals surface area contributed by atoms with Crippen LogP contribution in [0.4, 0.5) is 5.82 Å². The van der Waals surface area contributed by atoms with Crippen LogP contribution in [-0.4, -0.2) is 33.8 Å². The second kappa shape index (κ2) is 5.14. The standard InChI is InChI=1S/C12H16N2O3/c15-10-5-1-3-8(10)7-13-11-6-2-4-9(14-11)12(16)17/h2,4,6,8,10,15H,1,3,5,7H2,(H,13,14)(H,16,17). The summed E-state index contributed by atoms with van der Waals surface area (Å²) in [6, 6.07) is 4.84. The summed E-state index contributed by atoms with van der Waals surface area (Å²) in [6.07, 6.45) is 2.67. The number of hydrogen-bond acceptors (Lipinski definition) is 4. The van der Waals surface area contributed by atoms with Gasteiger partial charge in [-0.15, -0.1) is 0 Å². The first kappa shape index (κ1) is 11.9. The molecule has 1 aromatic rings. The van der Waals surface area contributed by atoms with Crippen LogP contribution in [0.3, 0.4) is 0 Å². The van der Waals surface area contributed by atoms with Crippen molar-refractivity contribution < 1.29 is 15.0 Å². The molecule has 5 heteroatoms. The van der Waals surface area contributed by atoms with Crippen molar-refractivity contribution in [1.29, 1.82) is 0 Å². The molecule has 2 rings (SSSR count). The fourth-order valence-electron chi connectivity index (χ4n) is 2.14. The van der Waals surface area contributed by atoms with Gasteiger partial charge in [-0.3, -0.25) is 0 Å². The minimum Gasteiger partial charge on any atom is -0.477 e. The minimum atomic E-state index is -1.03. The van der Waals surface area contributed by atoms with Crippen molar-refractivity contribution in [3.8, 4) is 0 Å². The molecule has 1 saturated carbocycles. The third-order valence-electron chi connectivity index (χ3n) is 3.13. The Kier molecular flexibility index (Phi) is 3.58. The lowest BCUT2D eigenvalue weighted by molar-refractivity contribution is 0.0690. The molecule has 2 unspecified atom stereocenters. The predicted molar refractivity (Wildman–Crippen MR) is 63.0 cm³/mol. The van der Waals surface area contributed by atoms with Crippen molar-refractivity contribution >= 4 is 11.8 Å². The zero-order valence-corrected chi connectivity index (χ0v) is 9.47. The molecule has 0 radical (unpaired) electrons. The molecule has 0 aromatic carbocycles. The molecule has 3 N–H and O–H groups in total. The van der Waals surface area contributed by atoms with Crippen molar-refractivity contribution in [2.45, 2.75) is 25.4 Å². The number of hydrogen-bond donors (Lipinski definition) is 3. The van der Waals surface area contributed by atoms with Crippen LogP contribution in [0.15, 0.2) is 18.2 Å². The fraction of sp³-hybridized carbons (Fsp3) is 0.500. The van der Waals surface area contributed by atoms with Gasteiger partial charge in [-0.1, -0.05) is 12.5 Å². The second-order valence-corrected chi connectivity index (χ2v) is 4.35. The number of carbonyl (C=O) groups is 1. The first-order valence-corrected chi connectivity index (χ1v) is 5.79. The summed E-state index contributed by atoms with van der Waals surface area (Å²) in [6.45, 7) is 0.636. The Labute approximate surface area is 99.5 Å². The van der Waals surface area contributed by atoms with Gasteiger partial charge in [-0.2, -0.15) is 0 Å². The van der Waals surface area contributed by atoms with E-state index < -0.39 is 5.97 Å². The Morgan fingerprint density at radius 3 is 2.94 bits per heavy atom. The lowest BCUT2D eigenvalue weighted by atomic mass is 10.1. The highest BCUT2D eigenvalue weighted by Gasteiger charge is 2.24. The summed E-state index contributed by atoms with van der Waals surface area (Å²) in [5, 5.41) is 21.5. The molecule has 1 aliphatic rings. The Morgan fingerprint density at radius 1 is 1.47 bits per heavy atom. The van der Waals surface area contributed by atoms with E-state index in [4.69, 9.17) is 5.11 Å². The topological polar surface area (TPSA) is 82.5 Å². The zero-order chi connectivity index (χ0) is 12.3. The van der Waals surface area contributed by atoms with Gasteiger partial charge in [0.2, 0.25) is 0 Å². The number of rotatable bonds is 4. The second-order valence-electron chi connectivity index (χ2n) is 4.35. The highest BCUT2D eigenvalue weighted by Crippen LogP contribution is 2.25. The van der Waals surface area contributed by atoms with Gasteiger partial charge < -0.3 is 15.5 Å². The van der Waals surface area contributed by atoms with E-state index in [9.17, 15) is 9.90 Å². The third-order valence-corrected chi connectivity index (χ3v) is 3.13. The largest absolute Gasteiger partial charge is 0.477 e. The van der Waals surface area contributed by atoms with E-state index in [1.807, 2.05) is 0 Å². The molecule has 92 valence electrons. The summed E-state index contributed by atoms with van der Waals surface area (Å²) in [5.41, 5.74) is 0.0296. The highest BCUT2D eigenvalue weighted by atomic mass is 16.4. The highest BCUT2D eigenvalue weighted by molar-refractivity contribution is 5.85. The van der Waals surface area contributed by atoms with E-state index in [1.54, 1.807) is 12.1 Å². The predicted octanol–water partition coefficient (Wildman–Crippen LogP) is 1.35. The molecule has 5 nitrogen and oxygen atoms in total. The van der Waals surface area contributed by atoms with Crippen molar-refractivity contribution in [3.63, 3.8) is 0 Å². The molecule has 0 aliphatic heterocycles. The number of anilines is 1. The normalized spacial score (nSPS) is 23.6. The number of aromatic carboxylic acids is 1. The molecule has 1 heterocycles. The van der Waals surface area contributed by atoms with E-state index in [2.05, 4.69) is 10.3 Å². The third kappa shape index (κ3) is 2.94. The van der Waals surface area contributed by atoms with Crippen LogP contribution < -0.4 is 5.32 Å². The lowest BCUT2D eigenvalue weighted by Crippen LogP contribution is -2.22. The summed E-state index contributed by atoms with van der Waals surface area (Å²) in [7, 11) is 0. The van der Waals surface area contributed by atoms with Crippen LogP contribution in [0.5, 0.6) is 0 Å². The number of nitrogens with zero attached hydrogens (tertiary/aromatic N) is 1. The first-order valence-electron chi connectivity index (χ1n) is 5.79. The molecule has 1 aromatic heterocycles. The van der Waals surface area contributed by atoms with Crippen molar-refractivity contribution in [2.24, 2.45) is 5.92 Å². The summed E-state index contributed by atoms with van der Waals surface area (Å²) >= 11 is 0. The molecule has 1 aliphatic carbocycles. The van der Waals surface area contributed by atoms with Crippen LogP contribution in [0.2, 0.25) is 0 Å². The van der Waals surface area contributed by atoms with Gasteiger partial charge in [0, 0.05) is 12.5 Å². The maximum atomic E-state index is 10.7. The Bertz CT molecular complexity index is 408. The van der Waals surface area contributed by atoms with E-state index >= 15 is 0 Å². The molecule has 17 heavy (non-hydrogen) atoms. The average molecular weight is 236 g/mol. The zero-order valence-electron chi connectivity index (χ0n) is 9.47. The molecule has 0 spiro atoms. The smallest absolute Gasteiger partial charge is 0.354 e. The Morgan fingerprint density at radius 2 is 2.29 bits per heavy atom. The number of carboxylic acids is 1. The van der Waals surface area contributed by atoms with Gasteiger partial charge in [-0.05, 0) is 25.0 Å². The number of nitrogens with one attached hydrogen (secondary N) is 1. The molecule has 0 bridgehead atoms. The molecular formula is C12H16N2O3. The lowest BCUT2D eigenvalue weighted by Gasteiger charge is -2.15. The van der Waals surface area contributed by atoms with E-state index in [1.165, 1.54) is 6.07 Å². The number of pyridine rings is 1. The maximum absolute atomic E-state index is 10.7. The minimum absolute atomic E-state index is 0.0296. The van der Waals surface area contributed by atoms with Crippen LogP contribution in [-0.2, 0) is 0 Å². The summed E-state index contributed by atoms with van der Waals surface area (Å²) in [5.74, 6) is -0.246. The number of aromatic nitrogens is 1. The van der Waals surface area contributed by atoms with E-state index in [-0.39, 0.29) is 17.7 Å². The maximum Gasteiger partial charge on any atom is 0.354 e. The van der Waals surface area contributed by atoms with Gasteiger partial charge >= 0.3 is 5.97 Å². The van der Waals surface area contributed by atoms with E-state index in [0.29, 0.717) is 12.4 Å². The average Bonchev–Trinajstić information content (AvgIpc) is 2.72. The quantitative estimate of drug-likeness (QED) is 0.735. The van der Waals surface area contributed by atoms with Crippen LogP contribution >= 0.6 is 0 Å². The van der Waals surface area contributed by atoms with Crippen LogP contribution in [0, 0.1) is 5.92 Å². The van der Waals surface area contributed by atoms with Gasteiger partial charge in [0.05, 0.1) is 6.10 Å². The van der Waals surface area contributed by atoms with Crippen LogP contribution in [0.25, 0.3) is 0 Å². The molecule has 1 fully saturated rings. The van der Waals surface area contributed by atoms with Crippen molar-refractivity contribution in [3.05, 3.63) is 23.9 Å². The monoisotopic (exact) mass is 236 g/mol. The van der Waals surface area contributed by atoms with Crippen molar-refractivity contribution in [1.82, 2.24) is 4.98 Å². The van der Waals surface area contributed by atoms with Gasteiger partial charge in [0.15, 0.2) is 5.69 Å². The number of carboxylic acid groups (broad SMARTS) is 1. The number of aliphatic hydroxyl groups excluding tert-OH is 1. The van der Waals surface area contributed by atoms with Gasteiger partial charge in [0.25, 0.3) is 0 Å². The molecule has 0 saturated heterocycles. The summed E-state index contributed by atoms with van der Waals surface area (Å²) in [4.78, 5) is 14.7. The molecule has 0 amide bonds. The number of aliphatic hydroxyl groups is 1. The fourth-order valence-corrected chi connectivity index (χ4v) is 2.14. The van der Waals surface area contributed by atoms with Gasteiger partial charge in [0.1, 0.15) is 5.82 Å². The molecule has 2 atom stereocenters. The Hall–Kier alpha value is -1.62. The Balaban J connectivity index is 1.94.